The predicted octanol–water partition coefficient (Wildman–Crippen LogP) is 4.49. The molecule has 0 fully saturated rings. The number of nitrogens with zero attached hydrogens (tertiary/aromatic N) is 3. The highest BCUT2D eigenvalue weighted by Crippen LogP contribution is 2.29. The Morgan fingerprint density at radius 3 is 2.50 bits per heavy atom. The van der Waals surface area contributed by atoms with Crippen molar-refractivity contribution in [2.45, 2.75) is 25.9 Å². The van der Waals surface area contributed by atoms with Gasteiger partial charge in [0.1, 0.15) is 11.4 Å². The van der Waals surface area contributed by atoms with Crippen molar-refractivity contribution in [2.75, 3.05) is 18.5 Å². The molecule has 8 heteroatoms. The molecule has 1 unspecified atom stereocenters. The zero-order valence-corrected chi connectivity index (χ0v) is 20.4. The Kier molecular flexibility index (Phi) is 7.97. The number of hydrogen-bond donors (Lipinski definition) is 2. The highest BCUT2D eigenvalue weighted by Gasteiger charge is 2.28. The fourth-order valence-corrected chi connectivity index (χ4v) is 4.26. The summed E-state index contributed by atoms with van der Waals surface area (Å²) in [5.41, 5.74) is 2.69. The molecule has 0 bridgehead atoms. The summed E-state index contributed by atoms with van der Waals surface area (Å²) >= 11 is 0. The van der Waals surface area contributed by atoms with E-state index in [1.54, 1.807) is 28.6 Å². The van der Waals surface area contributed by atoms with E-state index in [1.165, 1.54) is 0 Å². The Balaban J connectivity index is 1.77. The van der Waals surface area contributed by atoms with Crippen molar-refractivity contribution in [2.24, 2.45) is 7.05 Å². The smallest absolute Gasteiger partial charge is 0.322 e. The lowest BCUT2D eigenvalue weighted by atomic mass is 10.0. The van der Waals surface area contributed by atoms with E-state index >= 15 is 0 Å². The van der Waals surface area contributed by atoms with Crippen LogP contribution in [-0.2, 0) is 13.6 Å². The second kappa shape index (κ2) is 11.5. The van der Waals surface area contributed by atoms with E-state index in [4.69, 9.17) is 4.74 Å². The first-order valence-corrected chi connectivity index (χ1v) is 11.9. The molecular formula is C28H30N4O4. The van der Waals surface area contributed by atoms with E-state index in [1.807, 2.05) is 73.7 Å². The maximum absolute atomic E-state index is 13.8. The standard InChI is InChI=1S/C28H30N4O4/c1-3-36-26-16-10-8-14-22(26)30-28(35)32(24(17-18-33)20-11-5-4-6-12-20)19-23-27(34)31(2)25-15-9-7-13-21(25)29-23/h4-16,24,33H,3,17-19H2,1-2H3,(H,30,35). The molecule has 0 saturated carbocycles. The molecule has 1 heterocycles. The molecule has 36 heavy (non-hydrogen) atoms. The van der Waals surface area contributed by atoms with Crippen LogP contribution in [0.15, 0.2) is 83.7 Å². The molecule has 2 N–H and O–H groups in total. The SMILES string of the molecule is CCOc1ccccc1NC(=O)N(Cc1nc2ccccc2n(C)c1=O)C(CCO)c1ccccc1. The molecule has 186 valence electrons. The molecule has 4 rings (SSSR count). The van der Waals surface area contributed by atoms with Crippen LogP contribution in [0.2, 0.25) is 0 Å². The Morgan fingerprint density at radius 1 is 1.06 bits per heavy atom. The fourth-order valence-electron chi connectivity index (χ4n) is 4.26. The monoisotopic (exact) mass is 486 g/mol. The summed E-state index contributed by atoms with van der Waals surface area (Å²) in [7, 11) is 1.70. The summed E-state index contributed by atoms with van der Waals surface area (Å²) in [5.74, 6) is 0.548. The average molecular weight is 487 g/mol. The van der Waals surface area contributed by atoms with Gasteiger partial charge in [-0.25, -0.2) is 9.78 Å². The van der Waals surface area contributed by atoms with Gasteiger partial charge in [0.2, 0.25) is 0 Å². The second-order valence-electron chi connectivity index (χ2n) is 8.34. The number of aliphatic hydroxyl groups excluding tert-OH is 1. The number of para-hydroxylation sites is 4. The molecule has 0 aliphatic heterocycles. The number of aryl methyl sites for hydroxylation is 1. The quantitative estimate of drug-likeness (QED) is 0.363. The number of fused-ring (bicyclic) bond motifs is 1. The number of rotatable bonds is 9. The summed E-state index contributed by atoms with van der Waals surface area (Å²) < 4.78 is 7.22. The normalized spacial score (nSPS) is 11.8. The average Bonchev–Trinajstić information content (AvgIpc) is 2.90. The van der Waals surface area contributed by atoms with Gasteiger partial charge < -0.3 is 24.6 Å². The van der Waals surface area contributed by atoms with Crippen LogP contribution in [-0.4, -0.2) is 38.8 Å². The summed E-state index contributed by atoms with van der Waals surface area (Å²) in [6.07, 6.45) is 0.290. The minimum absolute atomic E-state index is 0.0420. The summed E-state index contributed by atoms with van der Waals surface area (Å²) in [6, 6.07) is 23.1. The summed E-state index contributed by atoms with van der Waals surface area (Å²) in [6.45, 7) is 2.14. The first-order valence-electron chi connectivity index (χ1n) is 11.9. The van der Waals surface area contributed by atoms with Gasteiger partial charge >= 0.3 is 6.03 Å². The lowest BCUT2D eigenvalue weighted by Crippen LogP contribution is -2.40. The van der Waals surface area contributed by atoms with Gasteiger partial charge in [0.25, 0.3) is 5.56 Å². The van der Waals surface area contributed by atoms with Gasteiger partial charge in [0, 0.05) is 13.7 Å². The molecule has 1 aromatic heterocycles. The molecule has 3 aromatic carbocycles. The molecule has 2 amide bonds. The number of urea groups is 1. The summed E-state index contributed by atoms with van der Waals surface area (Å²) in [4.78, 5) is 33.1. The third kappa shape index (κ3) is 5.39. The minimum atomic E-state index is -0.492. The number of aromatic nitrogens is 2. The third-order valence-electron chi connectivity index (χ3n) is 6.02. The van der Waals surface area contributed by atoms with Crippen LogP contribution < -0.4 is 15.6 Å². The van der Waals surface area contributed by atoms with Crippen LogP contribution in [0.4, 0.5) is 10.5 Å². The number of aliphatic hydroxyl groups is 1. The number of hydrogen-bond acceptors (Lipinski definition) is 5. The van der Waals surface area contributed by atoms with Crippen LogP contribution in [0.25, 0.3) is 11.0 Å². The topological polar surface area (TPSA) is 96.7 Å². The maximum atomic E-state index is 13.8. The minimum Gasteiger partial charge on any atom is -0.492 e. The maximum Gasteiger partial charge on any atom is 0.322 e. The van der Waals surface area contributed by atoms with E-state index < -0.39 is 12.1 Å². The van der Waals surface area contributed by atoms with Crippen LogP contribution in [0.5, 0.6) is 5.75 Å². The van der Waals surface area contributed by atoms with Crippen molar-refractivity contribution in [1.82, 2.24) is 14.5 Å². The lowest BCUT2D eigenvalue weighted by molar-refractivity contribution is 0.161. The van der Waals surface area contributed by atoms with E-state index in [-0.39, 0.29) is 24.4 Å². The van der Waals surface area contributed by atoms with Gasteiger partial charge in [-0.3, -0.25) is 4.79 Å². The van der Waals surface area contributed by atoms with Gasteiger partial charge in [0.15, 0.2) is 0 Å². The molecular weight excluding hydrogens is 456 g/mol. The van der Waals surface area contributed by atoms with Crippen molar-refractivity contribution in [3.05, 3.63) is 100 Å². The van der Waals surface area contributed by atoms with Gasteiger partial charge in [0.05, 0.1) is 35.9 Å². The van der Waals surface area contributed by atoms with Gasteiger partial charge in [-0.15, -0.1) is 0 Å². The Hall–Kier alpha value is -4.17. The molecule has 8 nitrogen and oxygen atoms in total. The van der Waals surface area contributed by atoms with Crippen LogP contribution in [0.3, 0.4) is 0 Å². The van der Waals surface area contributed by atoms with Gasteiger partial charge in [-0.2, -0.15) is 0 Å². The first kappa shape index (κ1) is 24.9. The number of anilines is 1. The molecule has 0 saturated heterocycles. The largest absolute Gasteiger partial charge is 0.492 e. The van der Waals surface area contributed by atoms with E-state index in [9.17, 15) is 14.7 Å². The van der Waals surface area contributed by atoms with Gasteiger partial charge in [-0.1, -0.05) is 54.6 Å². The molecule has 4 aromatic rings. The van der Waals surface area contributed by atoms with Gasteiger partial charge in [-0.05, 0) is 43.2 Å². The fraction of sp³-hybridized carbons (Fsp3) is 0.250. The van der Waals surface area contributed by atoms with E-state index in [0.717, 1.165) is 5.56 Å². The number of nitrogens with one attached hydrogen (secondary N) is 1. The van der Waals surface area contributed by atoms with Crippen LogP contribution in [0, 0.1) is 0 Å². The van der Waals surface area contributed by atoms with E-state index in [0.29, 0.717) is 35.5 Å². The van der Waals surface area contributed by atoms with Crippen molar-refractivity contribution in [3.8, 4) is 5.75 Å². The lowest BCUT2D eigenvalue weighted by Gasteiger charge is -2.32. The molecule has 0 radical (unpaired) electrons. The predicted molar refractivity (Wildman–Crippen MR) is 140 cm³/mol. The number of carbonyl (C=O) groups excluding carboxylic acids is 1. The highest BCUT2D eigenvalue weighted by molar-refractivity contribution is 5.91. The van der Waals surface area contributed by atoms with Crippen molar-refractivity contribution in [1.29, 1.82) is 0 Å². The van der Waals surface area contributed by atoms with Crippen molar-refractivity contribution in [3.63, 3.8) is 0 Å². The number of amides is 2. The number of benzene rings is 3. The van der Waals surface area contributed by atoms with Crippen molar-refractivity contribution >= 4 is 22.8 Å². The number of ether oxygens (including phenoxy) is 1. The van der Waals surface area contributed by atoms with Crippen molar-refractivity contribution < 1.29 is 14.6 Å². The molecule has 0 aliphatic rings. The Labute approximate surface area is 209 Å². The Morgan fingerprint density at radius 2 is 1.75 bits per heavy atom. The van der Waals surface area contributed by atoms with Crippen LogP contribution in [0.1, 0.15) is 30.6 Å². The molecule has 0 aliphatic carbocycles. The number of carbonyl (C=O) groups is 1. The first-order chi connectivity index (χ1) is 17.5. The zero-order chi connectivity index (χ0) is 25.5. The highest BCUT2D eigenvalue weighted by atomic mass is 16.5. The van der Waals surface area contributed by atoms with E-state index in [2.05, 4.69) is 10.3 Å². The Bertz CT molecular complexity index is 1390. The van der Waals surface area contributed by atoms with Crippen LogP contribution >= 0.6 is 0 Å². The zero-order valence-electron chi connectivity index (χ0n) is 20.4. The summed E-state index contributed by atoms with van der Waals surface area (Å²) in [5, 5.41) is 12.8. The molecule has 0 spiro atoms. The second-order valence-corrected chi connectivity index (χ2v) is 8.34. The third-order valence-corrected chi connectivity index (χ3v) is 6.02. The molecule has 1 atom stereocenters.